The number of hydrogen-bond donors (Lipinski definition) is 2. The normalized spacial score (nSPS) is 14.9. The number of nitrogens with zero attached hydrogens (tertiary/aromatic N) is 1. The predicted molar refractivity (Wildman–Crippen MR) is 107 cm³/mol. The number of amides is 3. The molecule has 29 heavy (non-hydrogen) atoms. The van der Waals surface area contributed by atoms with Crippen molar-refractivity contribution in [2.75, 3.05) is 18.5 Å². The van der Waals surface area contributed by atoms with Gasteiger partial charge in [0.25, 0.3) is 11.1 Å². The van der Waals surface area contributed by atoms with Gasteiger partial charge in [-0.1, -0.05) is 30.3 Å². The van der Waals surface area contributed by atoms with Crippen LogP contribution in [0.4, 0.5) is 10.5 Å². The van der Waals surface area contributed by atoms with Crippen molar-refractivity contribution in [2.45, 2.75) is 0 Å². The topological polar surface area (TPSA) is 113 Å². The number of rotatable bonds is 7. The van der Waals surface area contributed by atoms with Gasteiger partial charge in [0.2, 0.25) is 5.91 Å². The fourth-order valence-corrected chi connectivity index (χ4v) is 3.30. The van der Waals surface area contributed by atoms with E-state index in [-0.39, 0.29) is 11.4 Å². The van der Waals surface area contributed by atoms with Gasteiger partial charge < -0.3 is 15.2 Å². The number of carbonyl (C=O) groups is 4. The summed E-state index contributed by atoms with van der Waals surface area (Å²) in [7, 11) is 0. The van der Waals surface area contributed by atoms with Crippen LogP contribution in [-0.4, -0.2) is 46.2 Å². The third kappa shape index (κ3) is 5.45. The van der Waals surface area contributed by atoms with Crippen molar-refractivity contribution < 1.29 is 29.0 Å². The number of anilines is 1. The monoisotopic (exact) mass is 412 g/mol. The van der Waals surface area contributed by atoms with Crippen LogP contribution in [0.25, 0.3) is 6.08 Å². The molecule has 1 heterocycles. The fourth-order valence-electron chi connectivity index (χ4n) is 2.46. The van der Waals surface area contributed by atoms with Gasteiger partial charge in [0.1, 0.15) is 12.3 Å². The number of carbonyl (C=O) groups excluding carboxylic acids is 3. The quantitative estimate of drug-likeness (QED) is 0.672. The summed E-state index contributed by atoms with van der Waals surface area (Å²) in [5.74, 6) is -1.73. The Labute approximate surface area is 170 Å². The average molecular weight is 412 g/mol. The number of thioether (sulfide) groups is 1. The first-order chi connectivity index (χ1) is 13.9. The van der Waals surface area contributed by atoms with Gasteiger partial charge >= 0.3 is 5.97 Å². The molecule has 3 rings (SSSR count). The Morgan fingerprint density at radius 2 is 1.76 bits per heavy atom. The zero-order valence-electron chi connectivity index (χ0n) is 15.0. The molecule has 0 spiro atoms. The summed E-state index contributed by atoms with van der Waals surface area (Å²) < 4.78 is 5.04. The summed E-state index contributed by atoms with van der Waals surface area (Å²) >= 11 is 0.753. The van der Waals surface area contributed by atoms with E-state index in [1.54, 1.807) is 48.5 Å². The summed E-state index contributed by atoms with van der Waals surface area (Å²) in [4.78, 5) is 48.4. The molecule has 0 saturated carbocycles. The molecule has 0 aromatic heterocycles. The van der Waals surface area contributed by atoms with Gasteiger partial charge in [0, 0.05) is 5.69 Å². The summed E-state index contributed by atoms with van der Waals surface area (Å²) in [5, 5.41) is 10.7. The minimum atomic E-state index is -1.08. The number of imide groups is 1. The van der Waals surface area contributed by atoms with Crippen LogP contribution >= 0.6 is 11.8 Å². The molecule has 3 amide bonds. The lowest BCUT2D eigenvalue weighted by atomic mass is 10.2. The SMILES string of the molecule is O=C(O)COc1ccc(/C=C2\SC(=O)N(CC(=O)Nc3ccccc3)C2=O)cc1. The molecule has 0 unspecified atom stereocenters. The molecule has 1 saturated heterocycles. The van der Waals surface area contributed by atoms with E-state index in [1.807, 2.05) is 6.07 Å². The molecule has 0 aliphatic carbocycles. The van der Waals surface area contributed by atoms with E-state index in [2.05, 4.69) is 5.32 Å². The molecule has 8 nitrogen and oxygen atoms in total. The van der Waals surface area contributed by atoms with Crippen molar-refractivity contribution in [3.8, 4) is 5.75 Å². The summed E-state index contributed by atoms with van der Waals surface area (Å²) in [5.41, 5.74) is 1.21. The van der Waals surface area contributed by atoms with Gasteiger partial charge in [-0.2, -0.15) is 0 Å². The van der Waals surface area contributed by atoms with Gasteiger partial charge in [0.05, 0.1) is 4.91 Å². The highest BCUT2D eigenvalue weighted by molar-refractivity contribution is 8.18. The maximum atomic E-state index is 12.5. The maximum absolute atomic E-state index is 12.5. The zero-order valence-corrected chi connectivity index (χ0v) is 15.8. The number of nitrogens with one attached hydrogen (secondary N) is 1. The summed E-state index contributed by atoms with van der Waals surface area (Å²) in [6.45, 7) is -0.831. The van der Waals surface area contributed by atoms with Gasteiger partial charge in [-0.3, -0.25) is 19.3 Å². The van der Waals surface area contributed by atoms with Gasteiger partial charge in [-0.05, 0) is 47.7 Å². The van der Waals surface area contributed by atoms with Gasteiger partial charge in [-0.25, -0.2) is 4.79 Å². The summed E-state index contributed by atoms with van der Waals surface area (Å²) in [6, 6.07) is 15.1. The van der Waals surface area contributed by atoms with E-state index < -0.39 is 29.6 Å². The second-order valence-electron chi connectivity index (χ2n) is 5.93. The van der Waals surface area contributed by atoms with Crippen molar-refractivity contribution >= 4 is 46.5 Å². The lowest BCUT2D eigenvalue weighted by Gasteiger charge is -2.12. The Morgan fingerprint density at radius 1 is 1.07 bits per heavy atom. The van der Waals surface area contributed by atoms with Crippen LogP contribution in [-0.2, 0) is 14.4 Å². The van der Waals surface area contributed by atoms with E-state index in [9.17, 15) is 19.2 Å². The van der Waals surface area contributed by atoms with Crippen molar-refractivity contribution in [2.24, 2.45) is 0 Å². The maximum Gasteiger partial charge on any atom is 0.341 e. The van der Waals surface area contributed by atoms with E-state index in [0.717, 1.165) is 16.7 Å². The Bertz CT molecular complexity index is 972. The fraction of sp³-hybridized carbons (Fsp3) is 0.100. The third-order valence-corrected chi connectivity index (χ3v) is 4.68. The first-order valence-electron chi connectivity index (χ1n) is 8.47. The predicted octanol–water partition coefficient (Wildman–Crippen LogP) is 2.83. The molecule has 0 atom stereocenters. The Kier molecular flexibility index (Phi) is 6.30. The number of carboxylic acid groups (broad SMARTS) is 1. The second-order valence-corrected chi connectivity index (χ2v) is 6.93. The van der Waals surface area contributed by atoms with Crippen molar-refractivity contribution in [1.29, 1.82) is 0 Å². The highest BCUT2D eigenvalue weighted by Gasteiger charge is 2.36. The molecule has 2 aromatic carbocycles. The highest BCUT2D eigenvalue weighted by atomic mass is 32.2. The molecular weight excluding hydrogens is 396 g/mol. The second kappa shape index (κ2) is 9.07. The van der Waals surface area contributed by atoms with Gasteiger partial charge in [0.15, 0.2) is 6.61 Å². The van der Waals surface area contributed by atoms with Crippen LogP contribution in [0.3, 0.4) is 0 Å². The van der Waals surface area contributed by atoms with Crippen LogP contribution in [0.5, 0.6) is 5.75 Å². The van der Waals surface area contributed by atoms with Crippen molar-refractivity contribution in [1.82, 2.24) is 4.90 Å². The van der Waals surface area contributed by atoms with Crippen molar-refractivity contribution in [3.63, 3.8) is 0 Å². The number of carboxylic acids is 1. The van der Waals surface area contributed by atoms with Crippen LogP contribution < -0.4 is 10.1 Å². The Balaban J connectivity index is 1.63. The lowest BCUT2D eigenvalue weighted by molar-refractivity contribution is -0.139. The largest absolute Gasteiger partial charge is 0.482 e. The molecule has 1 fully saturated rings. The number of aliphatic carboxylic acids is 1. The molecule has 2 aromatic rings. The standard InChI is InChI=1S/C20H16N2O6S/c23-17(21-14-4-2-1-3-5-14)11-22-19(26)16(29-20(22)27)10-13-6-8-15(9-7-13)28-12-18(24)25/h1-10H,11-12H2,(H,21,23)(H,24,25)/b16-10-. The number of ether oxygens (including phenoxy) is 1. The molecule has 1 aliphatic heterocycles. The zero-order chi connectivity index (χ0) is 20.8. The van der Waals surface area contributed by atoms with E-state index in [0.29, 0.717) is 17.0 Å². The Morgan fingerprint density at radius 3 is 2.41 bits per heavy atom. The molecule has 9 heteroatoms. The molecular formula is C20H16N2O6S. The number of para-hydroxylation sites is 1. The minimum Gasteiger partial charge on any atom is -0.482 e. The van der Waals surface area contributed by atoms with E-state index in [4.69, 9.17) is 9.84 Å². The van der Waals surface area contributed by atoms with Crippen LogP contribution in [0.15, 0.2) is 59.5 Å². The summed E-state index contributed by atoms with van der Waals surface area (Å²) in [6.07, 6.45) is 1.53. The van der Waals surface area contributed by atoms with Gasteiger partial charge in [-0.15, -0.1) is 0 Å². The van der Waals surface area contributed by atoms with Crippen LogP contribution in [0, 0.1) is 0 Å². The van der Waals surface area contributed by atoms with Crippen LogP contribution in [0.1, 0.15) is 5.56 Å². The first-order valence-corrected chi connectivity index (χ1v) is 9.29. The molecule has 0 bridgehead atoms. The van der Waals surface area contributed by atoms with Crippen molar-refractivity contribution in [3.05, 3.63) is 65.1 Å². The molecule has 148 valence electrons. The average Bonchev–Trinajstić information content (AvgIpc) is 2.95. The third-order valence-electron chi connectivity index (χ3n) is 3.77. The smallest absolute Gasteiger partial charge is 0.341 e. The first kappa shape index (κ1) is 20.2. The lowest BCUT2D eigenvalue weighted by Crippen LogP contribution is -2.36. The number of benzene rings is 2. The number of hydrogen-bond acceptors (Lipinski definition) is 6. The molecule has 0 radical (unpaired) electrons. The highest BCUT2D eigenvalue weighted by Crippen LogP contribution is 2.32. The Hall–Kier alpha value is -3.59. The molecule has 2 N–H and O–H groups in total. The van der Waals surface area contributed by atoms with E-state index in [1.165, 1.54) is 6.08 Å². The van der Waals surface area contributed by atoms with E-state index >= 15 is 0 Å². The molecule has 1 aliphatic rings. The minimum absolute atomic E-state index is 0.196. The van der Waals surface area contributed by atoms with Crippen LogP contribution in [0.2, 0.25) is 0 Å².